The Morgan fingerprint density at radius 2 is 1.73 bits per heavy atom. The van der Waals surface area contributed by atoms with Crippen molar-refractivity contribution in [2.75, 3.05) is 26.2 Å². The van der Waals surface area contributed by atoms with Gasteiger partial charge in [0.15, 0.2) is 0 Å². The number of aromatic amines is 1. The molecule has 6 nitrogen and oxygen atoms in total. The summed E-state index contributed by atoms with van der Waals surface area (Å²) in [6, 6.07) is 11.4. The number of carbonyl (C=O) groups excluding carboxylic acids is 1. The van der Waals surface area contributed by atoms with Crippen LogP contribution in [0.2, 0.25) is 0 Å². The van der Waals surface area contributed by atoms with Crippen LogP contribution < -0.4 is 5.56 Å². The van der Waals surface area contributed by atoms with Crippen LogP contribution in [0.15, 0.2) is 41.2 Å². The zero-order valence-electron chi connectivity index (χ0n) is 15.1. The van der Waals surface area contributed by atoms with Gasteiger partial charge in [0.05, 0.1) is 5.69 Å². The Morgan fingerprint density at radius 3 is 2.50 bits per heavy atom. The fourth-order valence-corrected chi connectivity index (χ4v) is 4.22. The highest BCUT2D eigenvalue weighted by Crippen LogP contribution is 2.24. The molecular weight excluding hydrogens is 328 g/mol. The predicted octanol–water partition coefficient (Wildman–Crippen LogP) is 2.26. The van der Waals surface area contributed by atoms with Crippen LogP contribution in [0.5, 0.6) is 0 Å². The Kier molecular flexibility index (Phi) is 4.93. The number of nitrogens with zero attached hydrogens (tertiary/aromatic N) is 3. The molecule has 6 heteroatoms. The molecule has 0 unspecified atom stereocenters. The number of aromatic nitrogens is 2. The minimum Gasteiger partial charge on any atom is -0.336 e. The van der Waals surface area contributed by atoms with Crippen molar-refractivity contribution in [2.24, 2.45) is 0 Å². The fraction of sp³-hybridized carbons (Fsp3) is 0.500. The van der Waals surface area contributed by atoms with E-state index < -0.39 is 0 Å². The van der Waals surface area contributed by atoms with Crippen molar-refractivity contribution in [3.05, 3.63) is 52.4 Å². The van der Waals surface area contributed by atoms with E-state index >= 15 is 0 Å². The maximum absolute atomic E-state index is 12.9. The van der Waals surface area contributed by atoms with Crippen molar-refractivity contribution in [1.29, 1.82) is 0 Å². The smallest absolute Gasteiger partial charge is 0.271 e. The van der Waals surface area contributed by atoms with E-state index in [1.807, 2.05) is 35.2 Å². The second-order valence-corrected chi connectivity index (χ2v) is 7.30. The van der Waals surface area contributed by atoms with Crippen molar-refractivity contribution in [3.8, 4) is 5.69 Å². The van der Waals surface area contributed by atoms with Crippen LogP contribution in [0.1, 0.15) is 42.6 Å². The summed E-state index contributed by atoms with van der Waals surface area (Å²) in [5.41, 5.74) is 0.898. The summed E-state index contributed by atoms with van der Waals surface area (Å²) in [5, 5.41) is 2.98. The lowest BCUT2D eigenvalue weighted by Gasteiger charge is -2.27. The highest BCUT2D eigenvalue weighted by molar-refractivity contribution is 5.92. The number of carbonyl (C=O) groups is 1. The standard InChI is InChI=1S/C20H26N4O2/c25-19-15-18(21-24(19)17-9-2-1-3-10-17)20(26)23-12-6-11-22(13-14-23)16-7-4-5-8-16/h1-3,9-10,15-16,21H,4-8,11-14H2. The summed E-state index contributed by atoms with van der Waals surface area (Å²) < 4.78 is 1.43. The van der Waals surface area contributed by atoms with Crippen LogP contribution >= 0.6 is 0 Å². The van der Waals surface area contributed by atoms with E-state index in [0.29, 0.717) is 11.7 Å². The van der Waals surface area contributed by atoms with Gasteiger partial charge in [0.1, 0.15) is 5.69 Å². The minimum absolute atomic E-state index is 0.0787. The van der Waals surface area contributed by atoms with Crippen LogP contribution in [0, 0.1) is 0 Å². The minimum atomic E-state index is -0.207. The third-order valence-electron chi connectivity index (χ3n) is 5.62. The molecule has 2 aromatic rings. The maximum atomic E-state index is 12.9. The number of hydrogen-bond donors (Lipinski definition) is 1. The summed E-state index contributed by atoms with van der Waals surface area (Å²) in [5.74, 6) is -0.0787. The molecule has 138 valence electrons. The molecule has 26 heavy (non-hydrogen) atoms. The average Bonchev–Trinajstić information content (AvgIpc) is 3.26. The van der Waals surface area contributed by atoms with Gasteiger partial charge in [-0.2, -0.15) is 0 Å². The first kappa shape index (κ1) is 17.1. The number of nitrogens with one attached hydrogen (secondary N) is 1. The van der Waals surface area contributed by atoms with Crippen molar-refractivity contribution >= 4 is 5.91 Å². The lowest BCUT2D eigenvalue weighted by atomic mass is 10.2. The third kappa shape index (κ3) is 3.46. The number of H-pyrrole nitrogens is 1. The van der Waals surface area contributed by atoms with E-state index in [4.69, 9.17) is 0 Å². The van der Waals surface area contributed by atoms with Crippen LogP contribution in [0.3, 0.4) is 0 Å². The van der Waals surface area contributed by atoms with Gasteiger partial charge in [-0.05, 0) is 31.4 Å². The topological polar surface area (TPSA) is 61.3 Å². The third-order valence-corrected chi connectivity index (χ3v) is 5.62. The first-order valence-electron chi connectivity index (χ1n) is 9.63. The fourth-order valence-electron chi connectivity index (χ4n) is 4.22. The van der Waals surface area contributed by atoms with Gasteiger partial charge in [0, 0.05) is 38.3 Å². The van der Waals surface area contributed by atoms with Crippen LogP contribution in [0.4, 0.5) is 0 Å². The highest BCUT2D eigenvalue weighted by Gasteiger charge is 2.27. The van der Waals surface area contributed by atoms with Crippen molar-refractivity contribution in [2.45, 2.75) is 38.1 Å². The lowest BCUT2D eigenvalue weighted by molar-refractivity contribution is 0.0752. The second kappa shape index (κ2) is 7.50. The molecule has 2 fully saturated rings. The molecule has 0 bridgehead atoms. The van der Waals surface area contributed by atoms with E-state index in [0.717, 1.165) is 38.3 Å². The molecule has 1 aliphatic carbocycles. The maximum Gasteiger partial charge on any atom is 0.271 e. The Hall–Kier alpha value is -2.34. The first-order valence-corrected chi connectivity index (χ1v) is 9.63. The Morgan fingerprint density at radius 1 is 0.962 bits per heavy atom. The molecule has 0 atom stereocenters. The van der Waals surface area contributed by atoms with E-state index in [9.17, 15) is 9.59 Å². The number of benzene rings is 1. The summed E-state index contributed by atoms with van der Waals surface area (Å²) in [4.78, 5) is 29.6. The van der Waals surface area contributed by atoms with Crippen molar-refractivity contribution < 1.29 is 4.79 Å². The molecular formula is C20H26N4O2. The van der Waals surface area contributed by atoms with E-state index in [1.54, 1.807) is 0 Å². The van der Waals surface area contributed by atoms with E-state index in [1.165, 1.54) is 36.4 Å². The zero-order chi connectivity index (χ0) is 17.9. The number of para-hydroxylation sites is 1. The molecule has 1 N–H and O–H groups in total. The molecule has 1 saturated heterocycles. The van der Waals surface area contributed by atoms with Gasteiger partial charge in [-0.25, -0.2) is 4.68 Å². The molecule has 1 saturated carbocycles. The second-order valence-electron chi connectivity index (χ2n) is 7.30. The Labute approximate surface area is 153 Å². The number of hydrogen-bond acceptors (Lipinski definition) is 3. The average molecular weight is 354 g/mol. The summed E-state index contributed by atoms with van der Waals surface area (Å²) >= 11 is 0. The summed E-state index contributed by atoms with van der Waals surface area (Å²) in [7, 11) is 0. The molecule has 1 aromatic carbocycles. The normalized spacial score (nSPS) is 19.6. The quantitative estimate of drug-likeness (QED) is 0.920. The van der Waals surface area contributed by atoms with Gasteiger partial charge < -0.3 is 4.90 Å². The SMILES string of the molecule is O=C(c1cc(=O)n(-c2ccccc2)[nH]1)N1CCCN(C2CCCC2)CC1. The molecule has 0 radical (unpaired) electrons. The Balaban J connectivity index is 1.47. The van der Waals surface area contributed by atoms with Crippen molar-refractivity contribution in [1.82, 2.24) is 19.6 Å². The van der Waals surface area contributed by atoms with Gasteiger partial charge in [0.2, 0.25) is 0 Å². The molecule has 2 heterocycles. The van der Waals surface area contributed by atoms with Crippen LogP contribution in [0.25, 0.3) is 5.69 Å². The molecule has 2 aliphatic rings. The van der Waals surface area contributed by atoms with Gasteiger partial charge in [-0.3, -0.25) is 19.6 Å². The van der Waals surface area contributed by atoms with E-state index in [-0.39, 0.29) is 11.5 Å². The van der Waals surface area contributed by atoms with Gasteiger partial charge in [-0.15, -0.1) is 0 Å². The molecule has 0 spiro atoms. The summed E-state index contributed by atoms with van der Waals surface area (Å²) in [6.07, 6.45) is 6.24. The molecule has 1 aromatic heterocycles. The van der Waals surface area contributed by atoms with Gasteiger partial charge >= 0.3 is 0 Å². The summed E-state index contributed by atoms with van der Waals surface area (Å²) in [6.45, 7) is 3.48. The Bertz CT molecular complexity index is 805. The number of rotatable bonds is 3. The van der Waals surface area contributed by atoms with Gasteiger partial charge in [0.25, 0.3) is 11.5 Å². The molecule has 1 aliphatic heterocycles. The van der Waals surface area contributed by atoms with Crippen LogP contribution in [-0.4, -0.2) is 57.7 Å². The van der Waals surface area contributed by atoms with Crippen molar-refractivity contribution in [3.63, 3.8) is 0 Å². The monoisotopic (exact) mass is 354 g/mol. The lowest BCUT2D eigenvalue weighted by Crippen LogP contribution is -2.38. The molecule has 4 rings (SSSR count). The largest absolute Gasteiger partial charge is 0.336 e. The predicted molar refractivity (Wildman–Crippen MR) is 101 cm³/mol. The number of amides is 1. The zero-order valence-corrected chi connectivity index (χ0v) is 15.1. The van der Waals surface area contributed by atoms with Crippen LogP contribution in [-0.2, 0) is 0 Å². The van der Waals surface area contributed by atoms with Gasteiger partial charge in [-0.1, -0.05) is 31.0 Å². The van der Waals surface area contributed by atoms with E-state index in [2.05, 4.69) is 10.00 Å². The highest BCUT2D eigenvalue weighted by atomic mass is 16.2. The molecule has 1 amide bonds. The first-order chi connectivity index (χ1) is 12.7.